The van der Waals surface area contributed by atoms with Gasteiger partial charge in [0.2, 0.25) is 0 Å². The molecule has 2 fully saturated rings. The molecule has 1 unspecified atom stereocenters. The number of furan rings is 1. The standard InChI is InChI=1S/C29H26FN3O3/c30-20-8-7-17-10-14-36-26(17)24(20)25-23(27(34)32-28(25)35)19-15-33(21-6-2-1-5-18(19)21)22-9-13-31-16-29(22)11-3-4-12-29/h1-2,5-8,10,14-15,22,31H,3-4,9,11-13,16H2,(H,32,34,35). The highest BCUT2D eigenvalue weighted by Crippen LogP contribution is 2.51. The van der Waals surface area contributed by atoms with Crippen LogP contribution in [0.25, 0.3) is 33.0 Å². The normalized spacial score (nSPS) is 21.9. The number of carbonyl (C=O) groups excluding carboxylic acids is 2. The van der Waals surface area contributed by atoms with E-state index in [1.807, 2.05) is 24.4 Å². The number of nitrogens with one attached hydrogen (secondary N) is 2. The van der Waals surface area contributed by atoms with E-state index < -0.39 is 17.6 Å². The molecule has 0 bridgehead atoms. The van der Waals surface area contributed by atoms with Gasteiger partial charge in [0.25, 0.3) is 11.8 Å². The van der Waals surface area contributed by atoms with E-state index in [9.17, 15) is 9.59 Å². The van der Waals surface area contributed by atoms with Crippen LogP contribution in [0, 0.1) is 11.2 Å². The molecule has 0 radical (unpaired) electrons. The lowest BCUT2D eigenvalue weighted by molar-refractivity contribution is -0.122. The second-order valence-electron chi connectivity index (χ2n) is 10.3. The van der Waals surface area contributed by atoms with E-state index in [2.05, 4.69) is 21.3 Å². The second-order valence-corrected chi connectivity index (χ2v) is 10.3. The van der Waals surface area contributed by atoms with Gasteiger partial charge in [-0.15, -0.1) is 0 Å². The lowest BCUT2D eigenvalue weighted by Gasteiger charge is -2.43. The smallest absolute Gasteiger partial charge is 0.259 e. The Morgan fingerprint density at radius 3 is 2.67 bits per heavy atom. The van der Waals surface area contributed by atoms with Gasteiger partial charge >= 0.3 is 0 Å². The fourth-order valence-electron chi connectivity index (χ4n) is 6.88. The SMILES string of the molecule is O=C1NC(=O)C(c2c(F)ccc3ccoc23)=C1c1cn(C2CCNCC23CCCC3)c2ccccc12. The molecule has 7 heteroatoms. The van der Waals surface area contributed by atoms with Gasteiger partial charge in [-0.05, 0) is 50.1 Å². The molecule has 1 saturated carbocycles. The Bertz CT molecular complexity index is 1590. The van der Waals surface area contributed by atoms with Crippen molar-refractivity contribution in [1.29, 1.82) is 0 Å². The fourth-order valence-corrected chi connectivity index (χ4v) is 6.88. The first-order valence-corrected chi connectivity index (χ1v) is 12.6. The summed E-state index contributed by atoms with van der Waals surface area (Å²) >= 11 is 0. The minimum Gasteiger partial charge on any atom is -0.464 e. The highest BCUT2D eigenvalue weighted by molar-refractivity contribution is 6.50. The van der Waals surface area contributed by atoms with Gasteiger partial charge in [-0.1, -0.05) is 31.0 Å². The molecule has 2 N–H and O–H groups in total. The Kier molecular flexibility index (Phi) is 4.73. The van der Waals surface area contributed by atoms with E-state index in [-0.39, 0.29) is 33.7 Å². The van der Waals surface area contributed by atoms with Crippen LogP contribution in [0.5, 0.6) is 0 Å². The molecule has 1 atom stereocenters. The van der Waals surface area contributed by atoms with Gasteiger partial charge in [-0.25, -0.2) is 4.39 Å². The number of imide groups is 1. The van der Waals surface area contributed by atoms with E-state index >= 15 is 4.39 Å². The quantitative estimate of drug-likeness (QED) is 0.393. The highest BCUT2D eigenvalue weighted by atomic mass is 19.1. The summed E-state index contributed by atoms with van der Waals surface area (Å²) in [7, 11) is 0. The van der Waals surface area contributed by atoms with Crippen LogP contribution in [0.15, 0.2) is 59.3 Å². The van der Waals surface area contributed by atoms with Crippen molar-refractivity contribution in [2.24, 2.45) is 5.41 Å². The molecule has 2 aliphatic heterocycles. The molecule has 182 valence electrons. The molecule has 1 spiro atoms. The Morgan fingerprint density at radius 2 is 1.81 bits per heavy atom. The minimum absolute atomic E-state index is 0.0295. The molecule has 2 amide bonds. The van der Waals surface area contributed by atoms with Crippen LogP contribution in [0.3, 0.4) is 0 Å². The van der Waals surface area contributed by atoms with Crippen molar-refractivity contribution in [2.75, 3.05) is 13.1 Å². The minimum atomic E-state index is -0.608. The van der Waals surface area contributed by atoms with Gasteiger partial charge in [0.15, 0.2) is 0 Å². The molecule has 36 heavy (non-hydrogen) atoms. The van der Waals surface area contributed by atoms with E-state index in [4.69, 9.17) is 4.42 Å². The van der Waals surface area contributed by atoms with Crippen LogP contribution >= 0.6 is 0 Å². The van der Waals surface area contributed by atoms with Crippen molar-refractivity contribution in [2.45, 2.75) is 38.1 Å². The first-order valence-electron chi connectivity index (χ1n) is 12.6. The predicted molar refractivity (Wildman–Crippen MR) is 135 cm³/mol. The van der Waals surface area contributed by atoms with Gasteiger partial charge in [0, 0.05) is 46.1 Å². The van der Waals surface area contributed by atoms with Crippen molar-refractivity contribution < 1.29 is 18.4 Å². The Hall–Kier alpha value is -3.71. The Balaban J connectivity index is 1.50. The first kappa shape index (κ1) is 21.6. The van der Waals surface area contributed by atoms with Crippen molar-refractivity contribution >= 4 is 44.8 Å². The summed E-state index contributed by atoms with van der Waals surface area (Å²) in [6, 6.07) is 12.9. The van der Waals surface area contributed by atoms with Crippen molar-refractivity contribution in [1.82, 2.24) is 15.2 Å². The van der Waals surface area contributed by atoms with Crippen LogP contribution in [0.2, 0.25) is 0 Å². The zero-order valence-corrected chi connectivity index (χ0v) is 19.8. The maximum absolute atomic E-state index is 15.3. The lowest BCUT2D eigenvalue weighted by Crippen LogP contribution is -2.45. The Labute approximate surface area is 207 Å². The molecule has 2 aromatic carbocycles. The first-order chi connectivity index (χ1) is 17.6. The van der Waals surface area contributed by atoms with Gasteiger partial charge in [-0.3, -0.25) is 14.9 Å². The summed E-state index contributed by atoms with van der Waals surface area (Å²) in [5, 5.41) is 7.58. The van der Waals surface area contributed by atoms with Crippen molar-refractivity contribution in [3.63, 3.8) is 0 Å². The zero-order valence-electron chi connectivity index (χ0n) is 19.8. The molecule has 6 nitrogen and oxygen atoms in total. The number of aromatic nitrogens is 1. The van der Waals surface area contributed by atoms with Gasteiger partial charge in [0.05, 0.1) is 23.0 Å². The number of carbonyl (C=O) groups is 2. The second kappa shape index (κ2) is 7.90. The summed E-state index contributed by atoms with van der Waals surface area (Å²) in [5.41, 5.74) is 2.38. The fraction of sp³-hybridized carbons (Fsp3) is 0.310. The molecular weight excluding hydrogens is 457 g/mol. The molecule has 7 rings (SSSR count). The maximum Gasteiger partial charge on any atom is 0.259 e. The molecule has 1 saturated heterocycles. The van der Waals surface area contributed by atoms with Crippen LogP contribution in [-0.2, 0) is 9.59 Å². The van der Waals surface area contributed by atoms with E-state index in [1.165, 1.54) is 38.0 Å². The predicted octanol–water partition coefficient (Wildman–Crippen LogP) is 5.19. The summed E-state index contributed by atoms with van der Waals surface area (Å²) < 4.78 is 23.2. The molecular formula is C29H26FN3O3. The summed E-state index contributed by atoms with van der Waals surface area (Å²) in [6.07, 6.45) is 9.28. The third kappa shape index (κ3) is 2.99. The summed E-state index contributed by atoms with van der Waals surface area (Å²) in [5.74, 6) is -1.72. The number of benzene rings is 2. The lowest BCUT2D eigenvalue weighted by atomic mass is 9.74. The van der Waals surface area contributed by atoms with Gasteiger partial charge < -0.3 is 14.3 Å². The third-order valence-electron chi connectivity index (χ3n) is 8.48. The monoisotopic (exact) mass is 483 g/mol. The van der Waals surface area contributed by atoms with Crippen molar-refractivity contribution in [3.8, 4) is 0 Å². The number of piperidine rings is 1. The average molecular weight is 484 g/mol. The number of hydrogen-bond donors (Lipinski definition) is 2. The van der Waals surface area contributed by atoms with Crippen LogP contribution in [0.4, 0.5) is 4.39 Å². The third-order valence-corrected chi connectivity index (χ3v) is 8.48. The van der Waals surface area contributed by atoms with E-state index in [0.717, 1.165) is 30.4 Å². The number of amides is 2. The maximum atomic E-state index is 15.3. The molecule has 1 aliphatic carbocycles. The molecule has 3 aliphatic rings. The van der Waals surface area contributed by atoms with Crippen molar-refractivity contribution in [3.05, 3.63) is 71.9 Å². The van der Waals surface area contributed by atoms with E-state index in [1.54, 1.807) is 12.1 Å². The van der Waals surface area contributed by atoms with Crippen LogP contribution in [-0.4, -0.2) is 29.5 Å². The molecule has 4 aromatic rings. The highest BCUT2D eigenvalue weighted by Gasteiger charge is 2.45. The number of nitrogens with zero attached hydrogens (tertiary/aromatic N) is 1. The van der Waals surface area contributed by atoms with Crippen LogP contribution in [0.1, 0.15) is 49.3 Å². The topological polar surface area (TPSA) is 76.3 Å². The number of hydrogen-bond acceptors (Lipinski definition) is 4. The zero-order chi connectivity index (χ0) is 24.4. The Morgan fingerprint density at radius 1 is 1.00 bits per heavy atom. The van der Waals surface area contributed by atoms with Crippen LogP contribution < -0.4 is 10.6 Å². The van der Waals surface area contributed by atoms with Gasteiger partial charge in [-0.2, -0.15) is 0 Å². The average Bonchev–Trinajstić information content (AvgIpc) is 3.66. The molecule has 2 aromatic heterocycles. The largest absolute Gasteiger partial charge is 0.464 e. The van der Waals surface area contributed by atoms with Gasteiger partial charge in [0.1, 0.15) is 11.4 Å². The number of rotatable bonds is 3. The summed E-state index contributed by atoms with van der Waals surface area (Å²) in [6.45, 7) is 1.92. The summed E-state index contributed by atoms with van der Waals surface area (Å²) in [4.78, 5) is 26.4. The van der Waals surface area contributed by atoms with E-state index in [0.29, 0.717) is 10.9 Å². The number of halogens is 1. The number of fused-ring (bicyclic) bond motifs is 2. The number of para-hydroxylation sites is 1. The molecule has 4 heterocycles.